The van der Waals surface area contributed by atoms with Crippen molar-refractivity contribution in [2.75, 3.05) is 32.7 Å². The van der Waals surface area contributed by atoms with Crippen LogP contribution in [0.1, 0.15) is 24.8 Å². The number of carbonyl (C=O) groups excluding carboxylic acids is 2. The monoisotopic (exact) mass is 289 g/mol. The Hall–Kier alpha value is -1.88. The fourth-order valence-electron chi connectivity index (χ4n) is 2.67. The first kappa shape index (κ1) is 15.5. The molecule has 114 valence electrons. The summed E-state index contributed by atoms with van der Waals surface area (Å²) in [6.07, 6.45) is 0.528. The zero-order valence-electron chi connectivity index (χ0n) is 12.5. The molecule has 0 bridgehead atoms. The highest BCUT2D eigenvalue weighted by molar-refractivity contribution is 5.77. The molecule has 1 atom stereocenters. The Kier molecular flexibility index (Phi) is 5.33. The highest BCUT2D eigenvalue weighted by Crippen LogP contribution is 2.20. The molecule has 5 nitrogen and oxygen atoms in total. The average molecular weight is 289 g/mol. The molecule has 5 heteroatoms. The maximum absolute atomic E-state index is 12.3. The first-order valence-electron chi connectivity index (χ1n) is 7.39. The molecule has 1 fully saturated rings. The van der Waals surface area contributed by atoms with Crippen LogP contribution in [0.15, 0.2) is 30.3 Å². The molecule has 1 aromatic carbocycles. The van der Waals surface area contributed by atoms with E-state index in [1.807, 2.05) is 28.0 Å². The third kappa shape index (κ3) is 4.56. The van der Waals surface area contributed by atoms with Gasteiger partial charge in [-0.25, -0.2) is 0 Å². The predicted molar refractivity (Wildman–Crippen MR) is 81.7 cm³/mol. The Morgan fingerprint density at radius 1 is 1.14 bits per heavy atom. The largest absolute Gasteiger partial charge is 0.369 e. The Labute approximate surface area is 125 Å². The van der Waals surface area contributed by atoms with E-state index in [4.69, 9.17) is 5.73 Å². The summed E-state index contributed by atoms with van der Waals surface area (Å²) in [6, 6.07) is 10.1. The van der Waals surface area contributed by atoms with Gasteiger partial charge < -0.3 is 10.6 Å². The van der Waals surface area contributed by atoms with Crippen molar-refractivity contribution in [3.05, 3.63) is 35.9 Å². The molecule has 1 aliphatic rings. The van der Waals surface area contributed by atoms with E-state index in [1.165, 1.54) is 5.56 Å². The second-order valence-corrected chi connectivity index (χ2v) is 5.64. The lowest BCUT2D eigenvalue weighted by atomic mass is 9.97. The topological polar surface area (TPSA) is 66.6 Å². The van der Waals surface area contributed by atoms with Crippen LogP contribution in [0.5, 0.6) is 0 Å². The summed E-state index contributed by atoms with van der Waals surface area (Å²) in [5, 5.41) is 0. The molecule has 0 radical (unpaired) electrons. The SMILES string of the molecule is CC(CC(=O)N1CCN(CC(N)=O)CC1)c1ccccc1. The fraction of sp³-hybridized carbons (Fsp3) is 0.500. The van der Waals surface area contributed by atoms with Crippen molar-refractivity contribution < 1.29 is 9.59 Å². The molecule has 21 heavy (non-hydrogen) atoms. The summed E-state index contributed by atoms with van der Waals surface area (Å²) in [5.41, 5.74) is 6.38. The lowest BCUT2D eigenvalue weighted by Gasteiger charge is -2.34. The van der Waals surface area contributed by atoms with Crippen molar-refractivity contribution in [2.24, 2.45) is 5.73 Å². The van der Waals surface area contributed by atoms with Crippen molar-refractivity contribution in [3.63, 3.8) is 0 Å². The van der Waals surface area contributed by atoms with Crippen LogP contribution in [0.3, 0.4) is 0 Å². The zero-order chi connectivity index (χ0) is 15.2. The summed E-state index contributed by atoms with van der Waals surface area (Å²) >= 11 is 0. The van der Waals surface area contributed by atoms with Gasteiger partial charge in [0.2, 0.25) is 11.8 Å². The van der Waals surface area contributed by atoms with Crippen molar-refractivity contribution >= 4 is 11.8 Å². The van der Waals surface area contributed by atoms with Crippen LogP contribution in [0.4, 0.5) is 0 Å². The van der Waals surface area contributed by atoms with Gasteiger partial charge >= 0.3 is 0 Å². The van der Waals surface area contributed by atoms with Gasteiger partial charge in [0.1, 0.15) is 0 Å². The van der Waals surface area contributed by atoms with E-state index in [0.29, 0.717) is 32.6 Å². The molecule has 1 saturated heterocycles. The smallest absolute Gasteiger partial charge is 0.231 e. The summed E-state index contributed by atoms with van der Waals surface area (Å²) in [7, 11) is 0. The van der Waals surface area contributed by atoms with Crippen LogP contribution in [0.25, 0.3) is 0 Å². The van der Waals surface area contributed by atoms with Gasteiger partial charge in [-0.05, 0) is 11.5 Å². The van der Waals surface area contributed by atoms with Gasteiger partial charge in [-0.3, -0.25) is 14.5 Å². The number of carbonyl (C=O) groups is 2. The van der Waals surface area contributed by atoms with E-state index in [-0.39, 0.29) is 24.3 Å². The molecule has 0 aliphatic carbocycles. The van der Waals surface area contributed by atoms with Gasteiger partial charge in [0.05, 0.1) is 6.54 Å². The first-order valence-corrected chi connectivity index (χ1v) is 7.39. The van der Waals surface area contributed by atoms with Gasteiger partial charge in [0.25, 0.3) is 0 Å². The highest BCUT2D eigenvalue weighted by atomic mass is 16.2. The van der Waals surface area contributed by atoms with Crippen molar-refractivity contribution in [2.45, 2.75) is 19.3 Å². The Bertz CT molecular complexity index is 482. The van der Waals surface area contributed by atoms with Crippen LogP contribution < -0.4 is 5.73 Å². The number of piperazine rings is 1. The van der Waals surface area contributed by atoms with Crippen LogP contribution >= 0.6 is 0 Å². The summed E-state index contributed by atoms with van der Waals surface area (Å²) in [6.45, 7) is 5.14. The van der Waals surface area contributed by atoms with Gasteiger partial charge in [-0.15, -0.1) is 0 Å². The van der Waals surface area contributed by atoms with Crippen molar-refractivity contribution in [1.29, 1.82) is 0 Å². The third-order valence-corrected chi connectivity index (χ3v) is 3.95. The molecule has 2 rings (SSSR count). The highest BCUT2D eigenvalue weighted by Gasteiger charge is 2.23. The van der Waals surface area contributed by atoms with Crippen LogP contribution in [0, 0.1) is 0 Å². The number of primary amides is 1. The van der Waals surface area contributed by atoms with Crippen LogP contribution in [-0.4, -0.2) is 54.3 Å². The van der Waals surface area contributed by atoms with E-state index in [9.17, 15) is 9.59 Å². The molecule has 1 heterocycles. The lowest BCUT2D eigenvalue weighted by molar-refractivity contribution is -0.133. The summed E-state index contributed by atoms with van der Waals surface area (Å²) in [4.78, 5) is 27.1. The second kappa shape index (κ2) is 7.22. The molecule has 1 unspecified atom stereocenters. The van der Waals surface area contributed by atoms with Gasteiger partial charge in [-0.1, -0.05) is 37.3 Å². The number of rotatable bonds is 5. The fourth-order valence-corrected chi connectivity index (χ4v) is 2.67. The van der Waals surface area contributed by atoms with E-state index in [1.54, 1.807) is 0 Å². The Morgan fingerprint density at radius 2 is 1.76 bits per heavy atom. The van der Waals surface area contributed by atoms with Gasteiger partial charge in [-0.2, -0.15) is 0 Å². The van der Waals surface area contributed by atoms with E-state index >= 15 is 0 Å². The summed E-state index contributed by atoms with van der Waals surface area (Å²) < 4.78 is 0. The number of nitrogens with zero attached hydrogens (tertiary/aromatic N) is 2. The van der Waals surface area contributed by atoms with E-state index in [2.05, 4.69) is 19.1 Å². The van der Waals surface area contributed by atoms with Crippen LogP contribution in [0.2, 0.25) is 0 Å². The zero-order valence-corrected chi connectivity index (χ0v) is 12.5. The standard InChI is InChI=1S/C16H23N3O2/c1-13(14-5-3-2-4-6-14)11-16(21)19-9-7-18(8-10-19)12-15(17)20/h2-6,13H,7-12H2,1H3,(H2,17,20). The maximum Gasteiger partial charge on any atom is 0.231 e. The summed E-state index contributed by atoms with van der Waals surface area (Å²) in [5.74, 6) is 0.0971. The number of benzene rings is 1. The molecule has 1 aromatic rings. The minimum atomic E-state index is -0.313. The maximum atomic E-state index is 12.3. The predicted octanol–water partition coefficient (Wildman–Crippen LogP) is 0.810. The molecule has 2 N–H and O–H groups in total. The normalized spacial score (nSPS) is 17.5. The quantitative estimate of drug-likeness (QED) is 0.872. The first-order chi connectivity index (χ1) is 10.1. The molecular weight excluding hydrogens is 266 g/mol. The molecular formula is C16H23N3O2. The van der Waals surface area contributed by atoms with Crippen LogP contribution in [-0.2, 0) is 9.59 Å². The van der Waals surface area contributed by atoms with Gasteiger partial charge in [0, 0.05) is 32.6 Å². The number of nitrogens with two attached hydrogens (primary N) is 1. The molecule has 0 spiro atoms. The lowest BCUT2D eigenvalue weighted by Crippen LogP contribution is -2.50. The minimum Gasteiger partial charge on any atom is -0.369 e. The molecule has 2 amide bonds. The van der Waals surface area contributed by atoms with Crippen molar-refractivity contribution in [1.82, 2.24) is 9.80 Å². The van der Waals surface area contributed by atoms with E-state index in [0.717, 1.165) is 0 Å². The Morgan fingerprint density at radius 3 is 2.33 bits per heavy atom. The average Bonchev–Trinajstić information content (AvgIpc) is 2.48. The molecule has 0 aromatic heterocycles. The number of amides is 2. The Balaban J connectivity index is 1.81. The second-order valence-electron chi connectivity index (χ2n) is 5.64. The molecule has 0 saturated carbocycles. The number of hydrogen-bond acceptors (Lipinski definition) is 3. The third-order valence-electron chi connectivity index (χ3n) is 3.95. The van der Waals surface area contributed by atoms with E-state index < -0.39 is 0 Å². The number of hydrogen-bond donors (Lipinski definition) is 1. The minimum absolute atomic E-state index is 0.185. The van der Waals surface area contributed by atoms with Gasteiger partial charge in [0.15, 0.2) is 0 Å². The molecule has 1 aliphatic heterocycles. The van der Waals surface area contributed by atoms with Crippen molar-refractivity contribution in [3.8, 4) is 0 Å².